The van der Waals surface area contributed by atoms with Gasteiger partial charge in [0, 0.05) is 31.7 Å². The van der Waals surface area contributed by atoms with Gasteiger partial charge in [0.15, 0.2) is 0 Å². The summed E-state index contributed by atoms with van der Waals surface area (Å²) in [7, 11) is 1.80. The van der Waals surface area contributed by atoms with Crippen LogP contribution in [0.25, 0.3) is 0 Å². The summed E-state index contributed by atoms with van der Waals surface area (Å²) in [6.45, 7) is 3.51. The van der Waals surface area contributed by atoms with Gasteiger partial charge in [-0.3, -0.25) is 9.48 Å². The van der Waals surface area contributed by atoms with E-state index >= 15 is 0 Å². The SMILES string of the molecule is Cc1cnc(C2CN(C(=O)c3ccn(C)n3)CCO2)[nH]1. The standard InChI is InChI=1S/C13H17N5O2/c1-9-7-14-12(15-9)11-8-18(5-6-20-11)13(19)10-3-4-17(2)16-10/h3-4,7,11H,5-6,8H2,1-2H3,(H,14,15). The third kappa shape index (κ3) is 2.44. The van der Waals surface area contributed by atoms with Gasteiger partial charge in [0.05, 0.1) is 13.2 Å². The number of aromatic amines is 1. The molecule has 0 aromatic carbocycles. The largest absolute Gasteiger partial charge is 0.367 e. The number of nitrogens with zero attached hydrogens (tertiary/aromatic N) is 4. The van der Waals surface area contributed by atoms with Gasteiger partial charge in [-0.15, -0.1) is 0 Å². The third-order valence-electron chi connectivity index (χ3n) is 3.31. The number of nitrogens with one attached hydrogen (secondary N) is 1. The molecule has 0 radical (unpaired) electrons. The van der Waals surface area contributed by atoms with E-state index in [1.807, 2.05) is 6.92 Å². The van der Waals surface area contributed by atoms with Crippen LogP contribution in [0.5, 0.6) is 0 Å². The van der Waals surface area contributed by atoms with Crippen LogP contribution < -0.4 is 0 Å². The molecule has 3 heterocycles. The van der Waals surface area contributed by atoms with Gasteiger partial charge in [0.25, 0.3) is 5.91 Å². The molecule has 1 unspecified atom stereocenters. The molecular formula is C13H17N5O2. The quantitative estimate of drug-likeness (QED) is 0.873. The summed E-state index contributed by atoms with van der Waals surface area (Å²) in [6, 6.07) is 1.73. The van der Waals surface area contributed by atoms with Gasteiger partial charge < -0.3 is 14.6 Å². The molecule has 1 N–H and O–H groups in total. The summed E-state index contributed by atoms with van der Waals surface area (Å²) < 4.78 is 7.31. The van der Waals surface area contributed by atoms with Gasteiger partial charge in [0.2, 0.25) is 0 Å². The van der Waals surface area contributed by atoms with Crippen LogP contribution >= 0.6 is 0 Å². The molecule has 0 aliphatic carbocycles. The lowest BCUT2D eigenvalue weighted by molar-refractivity contribution is -0.0266. The summed E-state index contributed by atoms with van der Waals surface area (Å²) in [6.07, 6.45) is 3.32. The molecule has 7 nitrogen and oxygen atoms in total. The molecule has 1 fully saturated rings. The number of rotatable bonds is 2. The molecule has 1 saturated heterocycles. The zero-order chi connectivity index (χ0) is 14.1. The first-order valence-electron chi connectivity index (χ1n) is 6.55. The van der Waals surface area contributed by atoms with Crippen LogP contribution in [0.3, 0.4) is 0 Å². The fraction of sp³-hybridized carbons (Fsp3) is 0.462. The first-order valence-corrected chi connectivity index (χ1v) is 6.55. The van der Waals surface area contributed by atoms with Gasteiger partial charge in [-0.25, -0.2) is 4.98 Å². The van der Waals surface area contributed by atoms with Crippen molar-refractivity contribution in [3.05, 3.63) is 35.7 Å². The minimum Gasteiger partial charge on any atom is -0.367 e. The van der Waals surface area contributed by atoms with Gasteiger partial charge in [-0.05, 0) is 13.0 Å². The minimum atomic E-state index is -0.204. The van der Waals surface area contributed by atoms with E-state index < -0.39 is 0 Å². The number of ether oxygens (including phenoxy) is 1. The van der Waals surface area contributed by atoms with Crippen molar-refractivity contribution in [2.45, 2.75) is 13.0 Å². The summed E-state index contributed by atoms with van der Waals surface area (Å²) in [5, 5.41) is 4.15. The second kappa shape index (κ2) is 5.09. The number of hydrogen-bond acceptors (Lipinski definition) is 4. The zero-order valence-corrected chi connectivity index (χ0v) is 11.5. The van der Waals surface area contributed by atoms with Crippen LogP contribution in [0.2, 0.25) is 0 Å². The lowest BCUT2D eigenvalue weighted by Gasteiger charge is -2.31. The summed E-state index contributed by atoms with van der Waals surface area (Å²) in [4.78, 5) is 21.5. The van der Waals surface area contributed by atoms with Crippen LogP contribution in [-0.2, 0) is 11.8 Å². The molecule has 0 spiro atoms. The van der Waals surface area contributed by atoms with E-state index in [9.17, 15) is 4.79 Å². The molecule has 20 heavy (non-hydrogen) atoms. The maximum Gasteiger partial charge on any atom is 0.274 e. The molecule has 1 aliphatic rings. The van der Waals surface area contributed by atoms with E-state index in [1.165, 1.54) is 0 Å². The molecular weight excluding hydrogens is 258 g/mol. The van der Waals surface area contributed by atoms with Crippen molar-refractivity contribution in [3.63, 3.8) is 0 Å². The van der Waals surface area contributed by atoms with Gasteiger partial charge in [-0.1, -0.05) is 0 Å². The average molecular weight is 275 g/mol. The first kappa shape index (κ1) is 12.9. The minimum absolute atomic E-state index is 0.0674. The number of morpholine rings is 1. The highest BCUT2D eigenvalue weighted by molar-refractivity contribution is 5.92. The molecule has 0 saturated carbocycles. The van der Waals surface area contributed by atoms with E-state index in [0.29, 0.717) is 25.4 Å². The Morgan fingerprint density at radius 3 is 3.05 bits per heavy atom. The van der Waals surface area contributed by atoms with Crippen LogP contribution in [-0.4, -0.2) is 50.3 Å². The van der Waals surface area contributed by atoms with Crippen molar-refractivity contribution in [2.75, 3.05) is 19.7 Å². The second-order valence-corrected chi connectivity index (χ2v) is 4.94. The lowest BCUT2D eigenvalue weighted by Crippen LogP contribution is -2.42. The Hall–Kier alpha value is -2.15. The van der Waals surface area contributed by atoms with Crippen LogP contribution in [0.1, 0.15) is 28.1 Å². The molecule has 1 aliphatic heterocycles. The molecule has 0 bridgehead atoms. The predicted molar refractivity (Wildman–Crippen MR) is 71.1 cm³/mol. The number of carbonyl (C=O) groups is 1. The van der Waals surface area contributed by atoms with Crippen molar-refractivity contribution in [1.29, 1.82) is 0 Å². The topological polar surface area (TPSA) is 76.0 Å². The van der Waals surface area contributed by atoms with E-state index in [4.69, 9.17) is 4.74 Å². The number of aromatic nitrogens is 4. The van der Waals surface area contributed by atoms with Gasteiger partial charge >= 0.3 is 0 Å². The third-order valence-corrected chi connectivity index (χ3v) is 3.31. The lowest BCUT2D eigenvalue weighted by atomic mass is 10.2. The average Bonchev–Trinajstić information content (AvgIpc) is 3.07. The second-order valence-electron chi connectivity index (χ2n) is 4.94. The van der Waals surface area contributed by atoms with Gasteiger partial charge in [0.1, 0.15) is 17.6 Å². The Kier molecular flexibility index (Phi) is 3.27. The molecule has 7 heteroatoms. The maximum atomic E-state index is 12.4. The maximum absolute atomic E-state index is 12.4. The highest BCUT2D eigenvalue weighted by Gasteiger charge is 2.28. The fourth-order valence-electron chi connectivity index (χ4n) is 2.29. The van der Waals surface area contributed by atoms with Gasteiger partial charge in [-0.2, -0.15) is 5.10 Å². The van der Waals surface area contributed by atoms with Crippen molar-refractivity contribution in [1.82, 2.24) is 24.6 Å². The summed E-state index contributed by atoms with van der Waals surface area (Å²) in [5.41, 5.74) is 1.44. The van der Waals surface area contributed by atoms with E-state index in [2.05, 4.69) is 15.1 Å². The molecule has 106 valence electrons. The Morgan fingerprint density at radius 1 is 1.55 bits per heavy atom. The van der Waals surface area contributed by atoms with Crippen molar-refractivity contribution < 1.29 is 9.53 Å². The smallest absolute Gasteiger partial charge is 0.274 e. The highest BCUT2D eigenvalue weighted by Crippen LogP contribution is 2.20. The molecule has 3 rings (SSSR count). The van der Waals surface area contributed by atoms with Crippen LogP contribution in [0, 0.1) is 6.92 Å². The Morgan fingerprint density at radius 2 is 2.40 bits per heavy atom. The van der Waals surface area contributed by atoms with Crippen LogP contribution in [0.15, 0.2) is 18.5 Å². The Labute approximate surface area is 116 Å². The Bertz CT molecular complexity index is 618. The highest BCUT2D eigenvalue weighted by atomic mass is 16.5. The number of amides is 1. The predicted octanol–water partition coefficient (Wildman–Crippen LogP) is 0.665. The van der Waals surface area contributed by atoms with Crippen molar-refractivity contribution >= 4 is 5.91 Å². The van der Waals surface area contributed by atoms with E-state index in [1.54, 1.807) is 35.1 Å². The number of aryl methyl sites for hydroxylation is 2. The number of imidazole rings is 1. The monoisotopic (exact) mass is 275 g/mol. The number of hydrogen-bond donors (Lipinski definition) is 1. The summed E-state index contributed by atoms with van der Waals surface area (Å²) >= 11 is 0. The Balaban J connectivity index is 1.73. The molecule has 1 amide bonds. The molecule has 1 atom stereocenters. The first-order chi connectivity index (χ1) is 9.63. The van der Waals surface area contributed by atoms with Crippen molar-refractivity contribution in [2.24, 2.45) is 7.05 Å². The zero-order valence-electron chi connectivity index (χ0n) is 11.5. The summed E-state index contributed by atoms with van der Waals surface area (Å²) in [5.74, 6) is 0.697. The van der Waals surface area contributed by atoms with E-state index in [0.717, 1.165) is 11.5 Å². The fourth-order valence-corrected chi connectivity index (χ4v) is 2.29. The number of H-pyrrole nitrogens is 1. The normalized spacial score (nSPS) is 19.3. The molecule has 2 aromatic heterocycles. The van der Waals surface area contributed by atoms with E-state index in [-0.39, 0.29) is 12.0 Å². The van der Waals surface area contributed by atoms with Crippen LogP contribution in [0.4, 0.5) is 0 Å². The number of carbonyl (C=O) groups excluding carboxylic acids is 1. The molecule has 2 aromatic rings. The van der Waals surface area contributed by atoms with Crippen molar-refractivity contribution in [3.8, 4) is 0 Å².